The minimum Gasteiger partial charge on any atom is -0.456 e. The van der Waals surface area contributed by atoms with Crippen LogP contribution in [-0.2, 0) is 0 Å². The highest BCUT2D eigenvalue weighted by molar-refractivity contribution is 6.13. The molecule has 0 radical (unpaired) electrons. The molecule has 64 heavy (non-hydrogen) atoms. The maximum Gasteiger partial charge on any atom is 0.137 e. The molecule has 0 amide bonds. The number of hydrogen-bond acceptors (Lipinski definition) is 5. The number of furan rings is 1. The lowest BCUT2D eigenvalue weighted by molar-refractivity contribution is 0.411. The molecule has 0 spiro atoms. The first kappa shape index (κ1) is 37.5. The predicted molar refractivity (Wildman–Crippen MR) is 265 cm³/mol. The van der Waals surface area contributed by atoms with Gasteiger partial charge >= 0.3 is 0 Å². The summed E-state index contributed by atoms with van der Waals surface area (Å²) in [6.07, 6.45) is -0.470. The van der Waals surface area contributed by atoms with Crippen molar-refractivity contribution in [3.05, 3.63) is 247 Å². The quantitative estimate of drug-likeness (QED) is 0.160. The number of amidine groups is 1. The molecule has 0 fully saturated rings. The summed E-state index contributed by atoms with van der Waals surface area (Å²) in [4.78, 5) is 7.63. The van der Waals surface area contributed by atoms with Gasteiger partial charge in [0.1, 0.15) is 29.3 Å². The molecule has 1 aliphatic rings. The van der Waals surface area contributed by atoms with E-state index >= 15 is 0 Å². The molecule has 12 rings (SSSR count). The Labute approximate surface area is 371 Å². The van der Waals surface area contributed by atoms with Crippen LogP contribution in [0.2, 0.25) is 0 Å². The molecule has 0 aliphatic carbocycles. The number of aliphatic imine (C=N–C) groups is 1. The van der Waals surface area contributed by atoms with Crippen molar-refractivity contribution in [2.75, 3.05) is 4.90 Å². The van der Waals surface area contributed by atoms with Crippen LogP contribution in [0, 0.1) is 0 Å². The van der Waals surface area contributed by atoms with Gasteiger partial charge in [-0.3, -0.25) is 5.32 Å². The predicted octanol–water partition coefficient (Wildman–Crippen LogP) is 15.0. The monoisotopic (exact) mass is 822 g/mol. The van der Waals surface area contributed by atoms with Gasteiger partial charge in [-0.05, 0) is 103 Å². The van der Waals surface area contributed by atoms with Gasteiger partial charge in [0, 0.05) is 39.5 Å². The van der Waals surface area contributed by atoms with Gasteiger partial charge in [0.2, 0.25) is 0 Å². The van der Waals surface area contributed by atoms with E-state index in [-0.39, 0.29) is 12.3 Å². The zero-order chi connectivity index (χ0) is 42.4. The van der Waals surface area contributed by atoms with Gasteiger partial charge in [-0.25, -0.2) is 4.99 Å². The van der Waals surface area contributed by atoms with Gasteiger partial charge in [0.25, 0.3) is 0 Å². The molecule has 304 valence electrons. The van der Waals surface area contributed by atoms with E-state index in [4.69, 9.17) is 9.41 Å². The van der Waals surface area contributed by atoms with Crippen molar-refractivity contribution in [3.8, 4) is 22.3 Å². The van der Waals surface area contributed by atoms with Crippen molar-refractivity contribution in [1.82, 2.24) is 10.6 Å². The molecule has 0 bridgehead atoms. The molecule has 1 aliphatic heterocycles. The van der Waals surface area contributed by atoms with E-state index in [1.807, 2.05) is 6.07 Å². The Morgan fingerprint density at radius 2 is 1.08 bits per heavy atom. The number of benzene rings is 10. The van der Waals surface area contributed by atoms with Crippen LogP contribution in [0.4, 0.5) is 17.1 Å². The topological polar surface area (TPSA) is 52.8 Å². The van der Waals surface area contributed by atoms with Crippen molar-refractivity contribution in [3.63, 3.8) is 0 Å². The summed E-state index contributed by atoms with van der Waals surface area (Å²) in [5, 5.41) is 14.6. The molecule has 10 aromatic carbocycles. The summed E-state index contributed by atoms with van der Waals surface area (Å²) in [6.45, 7) is 0. The van der Waals surface area contributed by atoms with E-state index in [1.54, 1.807) is 0 Å². The molecule has 0 saturated heterocycles. The molecule has 2 N–H and O–H groups in total. The molecule has 0 saturated carbocycles. The van der Waals surface area contributed by atoms with Crippen molar-refractivity contribution >= 4 is 66.4 Å². The van der Waals surface area contributed by atoms with Crippen molar-refractivity contribution in [2.24, 2.45) is 4.99 Å². The zero-order valence-corrected chi connectivity index (χ0v) is 34.9. The average Bonchev–Trinajstić information content (AvgIpc) is 3.75. The second-order valence-corrected chi connectivity index (χ2v) is 16.4. The molecule has 5 heteroatoms. The van der Waals surface area contributed by atoms with Crippen LogP contribution in [0.3, 0.4) is 0 Å². The van der Waals surface area contributed by atoms with Gasteiger partial charge in [-0.1, -0.05) is 176 Å². The maximum absolute atomic E-state index is 6.78. The van der Waals surface area contributed by atoms with E-state index in [1.165, 1.54) is 32.7 Å². The van der Waals surface area contributed by atoms with Crippen LogP contribution in [0.1, 0.15) is 29.0 Å². The summed E-state index contributed by atoms with van der Waals surface area (Å²) < 4.78 is 6.78. The third-order valence-electron chi connectivity index (χ3n) is 12.5. The Balaban J connectivity index is 0.948. The largest absolute Gasteiger partial charge is 0.456 e. The summed E-state index contributed by atoms with van der Waals surface area (Å²) in [5.74, 6) is 0.857. The first-order valence-corrected chi connectivity index (χ1v) is 21.8. The van der Waals surface area contributed by atoms with Crippen molar-refractivity contribution in [2.45, 2.75) is 12.3 Å². The third kappa shape index (κ3) is 6.85. The molecule has 2 heterocycles. The minimum absolute atomic E-state index is 0.169. The Bertz CT molecular complexity index is 3530. The van der Waals surface area contributed by atoms with E-state index in [2.05, 4.69) is 240 Å². The normalized spacial score (nSPS) is 15.0. The van der Waals surface area contributed by atoms with Crippen LogP contribution < -0.4 is 15.5 Å². The fourth-order valence-corrected chi connectivity index (χ4v) is 9.42. The summed E-state index contributed by atoms with van der Waals surface area (Å²) in [5.41, 5.74) is 12.7. The molecule has 2 atom stereocenters. The van der Waals surface area contributed by atoms with Crippen LogP contribution >= 0.6 is 0 Å². The number of rotatable bonds is 8. The SMILES string of the molecule is c1ccc(C2=NC(c3cccc(-c4cccc5oc6cc(N(c7cccc(-c8ccccc8)c7)c7ccc8ccccc8c7)ccc6c45)c3)NC(c3cccc4ccccc34)N2)cc1. The maximum atomic E-state index is 6.78. The number of nitrogens with one attached hydrogen (secondary N) is 2. The smallest absolute Gasteiger partial charge is 0.137 e. The molecular formula is C59H42N4O. The van der Waals surface area contributed by atoms with E-state index in [0.717, 1.165) is 72.7 Å². The molecule has 2 unspecified atom stereocenters. The number of hydrogen-bond donors (Lipinski definition) is 2. The summed E-state index contributed by atoms with van der Waals surface area (Å²) in [6, 6.07) is 81.8. The minimum atomic E-state index is -0.301. The van der Waals surface area contributed by atoms with Gasteiger partial charge < -0.3 is 14.6 Å². The van der Waals surface area contributed by atoms with Crippen LogP contribution in [-0.4, -0.2) is 5.84 Å². The van der Waals surface area contributed by atoms with Gasteiger partial charge in [-0.2, -0.15) is 0 Å². The fourth-order valence-electron chi connectivity index (χ4n) is 9.42. The third-order valence-corrected chi connectivity index (χ3v) is 12.5. The highest BCUT2D eigenvalue weighted by Gasteiger charge is 2.27. The van der Waals surface area contributed by atoms with Gasteiger partial charge in [0.05, 0.1) is 0 Å². The Kier molecular flexibility index (Phi) is 9.32. The molecule has 5 nitrogen and oxygen atoms in total. The Morgan fingerprint density at radius 1 is 0.422 bits per heavy atom. The summed E-state index contributed by atoms with van der Waals surface area (Å²) >= 11 is 0. The van der Waals surface area contributed by atoms with E-state index in [9.17, 15) is 0 Å². The fraction of sp³-hybridized carbons (Fsp3) is 0.0339. The number of fused-ring (bicyclic) bond motifs is 5. The van der Waals surface area contributed by atoms with Crippen molar-refractivity contribution in [1.29, 1.82) is 0 Å². The lowest BCUT2D eigenvalue weighted by Crippen LogP contribution is -2.45. The molecule has 11 aromatic rings. The van der Waals surface area contributed by atoms with Gasteiger partial charge in [0.15, 0.2) is 0 Å². The van der Waals surface area contributed by atoms with Crippen LogP contribution in [0.25, 0.3) is 65.7 Å². The standard InChI is InChI=1S/C59H42N4O/c1-3-15-39(16-4-1)44-23-12-26-47(36-44)63(48-32-31-40-17-7-8-21-43(40)37-48)49-33-34-53-55(38-49)64-54-30-14-28-51(56(53)54)45-24-11-25-46(35-45)58-60-57(42-19-5-2-6-20-42)61-59(62-58)52-29-13-22-41-18-9-10-27-50(41)52/h1-38,58-59,62H,(H,60,61). The lowest BCUT2D eigenvalue weighted by Gasteiger charge is -2.33. The Hall–Kier alpha value is -8.25. The molecular weight excluding hydrogens is 781 g/mol. The van der Waals surface area contributed by atoms with Crippen LogP contribution in [0.15, 0.2) is 240 Å². The van der Waals surface area contributed by atoms with Crippen molar-refractivity contribution < 1.29 is 4.42 Å². The lowest BCUT2D eigenvalue weighted by atomic mass is 9.96. The van der Waals surface area contributed by atoms with Gasteiger partial charge in [-0.15, -0.1) is 0 Å². The van der Waals surface area contributed by atoms with E-state index < -0.39 is 0 Å². The molecule has 1 aromatic heterocycles. The second-order valence-electron chi connectivity index (χ2n) is 16.4. The Morgan fingerprint density at radius 3 is 1.95 bits per heavy atom. The highest BCUT2D eigenvalue weighted by atomic mass is 16.3. The van der Waals surface area contributed by atoms with Crippen LogP contribution in [0.5, 0.6) is 0 Å². The summed E-state index contributed by atoms with van der Waals surface area (Å²) in [7, 11) is 0. The van der Waals surface area contributed by atoms with E-state index in [0.29, 0.717) is 0 Å². The zero-order valence-electron chi connectivity index (χ0n) is 34.9. The average molecular weight is 823 g/mol. The first-order chi connectivity index (χ1) is 31.7. The first-order valence-electron chi connectivity index (χ1n) is 21.8. The number of nitrogens with zero attached hydrogens (tertiary/aromatic N) is 2. The second kappa shape index (κ2) is 15.9. The highest BCUT2D eigenvalue weighted by Crippen LogP contribution is 2.43. The number of anilines is 3.